The number of methoxy groups -OCH3 is 1. The number of amides is 1. The van der Waals surface area contributed by atoms with Gasteiger partial charge in [-0.25, -0.2) is 0 Å². The van der Waals surface area contributed by atoms with Crippen LogP contribution >= 0.6 is 0 Å². The number of nitrogen functional groups attached to an aromatic ring is 1. The molecule has 1 aromatic carbocycles. The highest BCUT2D eigenvalue weighted by Gasteiger charge is 2.34. The number of nitrogens with two attached hydrogens (primary N) is 1. The predicted molar refractivity (Wildman–Crippen MR) is 82.5 cm³/mol. The third-order valence-electron chi connectivity index (χ3n) is 3.75. The van der Waals surface area contributed by atoms with Crippen LogP contribution in [0, 0.1) is 0 Å². The average Bonchev–Trinajstić information content (AvgIpc) is 2.95. The molecule has 1 atom stereocenters. The van der Waals surface area contributed by atoms with E-state index in [9.17, 15) is 4.79 Å². The Kier molecular flexibility index (Phi) is 5.03. The van der Waals surface area contributed by atoms with Gasteiger partial charge in [0, 0.05) is 38.8 Å². The molecule has 0 bridgehead atoms. The third kappa shape index (κ3) is 3.65. The number of nitrogens with one attached hydrogen (secondary N) is 2. The van der Waals surface area contributed by atoms with E-state index in [0.29, 0.717) is 37.6 Å². The molecule has 21 heavy (non-hydrogen) atoms. The molecule has 6 nitrogen and oxygen atoms in total. The molecule has 116 valence electrons. The summed E-state index contributed by atoms with van der Waals surface area (Å²) in [6, 6.07) is 5.26. The third-order valence-corrected chi connectivity index (χ3v) is 3.75. The molecule has 1 fully saturated rings. The number of benzene rings is 1. The maximum Gasteiger partial charge on any atom is 0.251 e. The number of carbonyl (C=O) groups excluding carboxylic acids is 1. The first-order valence-corrected chi connectivity index (χ1v) is 7.15. The summed E-state index contributed by atoms with van der Waals surface area (Å²) in [5.41, 5.74) is 7.61. The monoisotopic (exact) mass is 293 g/mol. The summed E-state index contributed by atoms with van der Waals surface area (Å²) in [4.78, 5) is 11.7. The predicted octanol–water partition coefficient (Wildman–Crippen LogP) is 1.24. The first kappa shape index (κ1) is 15.6. The lowest BCUT2D eigenvalue weighted by Gasteiger charge is -2.26. The maximum absolute atomic E-state index is 11.7. The fourth-order valence-electron chi connectivity index (χ4n) is 2.34. The molecule has 0 aliphatic carbocycles. The van der Waals surface area contributed by atoms with Crippen molar-refractivity contribution in [3.63, 3.8) is 0 Å². The number of hydrogen-bond acceptors (Lipinski definition) is 5. The van der Waals surface area contributed by atoms with E-state index in [1.54, 1.807) is 19.2 Å². The number of ether oxygens (including phenoxy) is 2. The van der Waals surface area contributed by atoms with Gasteiger partial charge in [-0.15, -0.1) is 0 Å². The van der Waals surface area contributed by atoms with E-state index >= 15 is 0 Å². The van der Waals surface area contributed by atoms with E-state index in [1.807, 2.05) is 13.0 Å². The Morgan fingerprint density at radius 1 is 1.52 bits per heavy atom. The van der Waals surface area contributed by atoms with Gasteiger partial charge < -0.3 is 25.8 Å². The topological polar surface area (TPSA) is 85.6 Å². The molecule has 1 aliphatic rings. The number of hydrogen-bond donors (Lipinski definition) is 3. The van der Waals surface area contributed by atoms with Crippen molar-refractivity contribution in [2.75, 3.05) is 44.5 Å². The standard InChI is InChI=1S/C15H23N3O3/c1-3-17-14(19)11-4-5-13(12(16)8-11)18-9-15(20-2)6-7-21-10-15/h4-5,8,18H,3,6-7,9-10,16H2,1-2H3,(H,17,19). The van der Waals surface area contributed by atoms with Crippen LogP contribution in [-0.4, -0.2) is 44.9 Å². The van der Waals surface area contributed by atoms with Gasteiger partial charge in [0.15, 0.2) is 0 Å². The molecule has 6 heteroatoms. The second-order valence-corrected chi connectivity index (χ2v) is 5.20. The van der Waals surface area contributed by atoms with E-state index in [0.717, 1.165) is 12.1 Å². The van der Waals surface area contributed by atoms with Gasteiger partial charge in [-0.2, -0.15) is 0 Å². The summed E-state index contributed by atoms with van der Waals surface area (Å²) >= 11 is 0. The van der Waals surface area contributed by atoms with Crippen LogP contribution in [0.15, 0.2) is 18.2 Å². The van der Waals surface area contributed by atoms with Crippen LogP contribution in [0.2, 0.25) is 0 Å². The van der Waals surface area contributed by atoms with Gasteiger partial charge in [-0.05, 0) is 25.1 Å². The van der Waals surface area contributed by atoms with Gasteiger partial charge in [0.1, 0.15) is 5.60 Å². The maximum atomic E-state index is 11.7. The second-order valence-electron chi connectivity index (χ2n) is 5.20. The molecule has 1 saturated heterocycles. The molecule has 1 heterocycles. The van der Waals surface area contributed by atoms with Crippen LogP contribution in [0.5, 0.6) is 0 Å². The molecular weight excluding hydrogens is 270 g/mol. The fraction of sp³-hybridized carbons (Fsp3) is 0.533. The van der Waals surface area contributed by atoms with Crippen LogP contribution in [0.4, 0.5) is 11.4 Å². The van der Waals surface area contributed by atoms with E-state index in [-0.39, 0.29) is 11.5 Å². The van der Waals surface area contributed by atoms with Gasteiger partial charge in [0.05, 0.1) is 18.0 Å². The molecule has 1 unspecified atom stereocenters. The van der Waals surface area contributed by atoms with Crippen LogP contribution in [0.1, 0.15) is 23.7 Å². The van der Waals surface area contributed by atoms with E-state index in [2.05, 4.69) is 10.6 Å². The summed E-state index contributed by atoms with van der Waals surface area (Å²) in [6.07, 6.45) is 0.855. The number of anilines is 2. The summed E-state index contributed by atoms with van der Waals surface area (Å²) in [5, 5.41) is 6.03. The fourth-order valence-corrected chi connectivity index (χ4v) is 2.34. The quantitative estimate of drug-likeness (QED) is 0.687. The Balaban J connectivity index is 2.02. The number of carbonyl (C=O) groups is 1. The molecular formula is C15H23N3O3. The van der Waals surface area contributed by atoms with Crippen molar-refractivity contribution < 1.29 is 14.3 Å². The summed E-state index contributed by atoms with van der Waals surface area (Å²) in [5.74, 6) is -0.117. The highest BCUT2D eigenvalue weighted by molar-refractivity contribution is 5.96. The minimum Gasteiger partial charge on any atom is -0.397 e. The highest BCUT2D eigenvalue weighted by Crippen LogP contribution is 2.25. The van der Waals surface area contributed by atoms with Crippen molar-refractivity contribution in [1.29, 1.82) is 0 Å². The van der Waals surface area contributed by atoms with Crippen molar-refractivity contribution in [3.05, 3.63) is 23.8 Å². The van der Waals surface area contributed by atoms with E-state index in [4.69, 9.17) is 15.2 Å². The van der Waals surface area contributed by atoms with Crippen LogP contribution in [0.25, 0.3) is 0 Å². The molecule has 1 aromatic rings. The lowest BCUT2D eigenvalue weighted by Crippen LogP contribution is -2.39. The van der Waals surface area contributed by atoms with Gasteiger partial charge in [-0.1, -0.05) is 0 Å². The molecule has 4 N–H and O–H groups in total. The summed E-state index contributed by atoms with van der Waals surface area (Å²) in [7, 11) is 1.69. The molecule has 0 aromatic heterocycles. The van der Waals surface area contributed by atoms with Crippen molar-refractivity contribution in [2.24, 2.45) is 0 Å². The van der Waals surface area contributed by atoms with Crippen molar-refractivity contribution in [3.8, 4) is 0 Å². The Morgan fingerprint density at radius 2 is 2.33 bits per heavy atom. The zero-order valence-corrected chi connectivity index (χ0v) is 12.6. The lowest BCUT2D eigenvalue weighted by atomic mass is 10.0. The van der Waals surface area contributed by atoms with Crippen molar-refractivity contribution in [1.82, 2.24) is 5.32 Å². The van der Waals surface area contributed by atoms with Crippen molar-refractivity contribution in [2.45, 2.75) is 18.9 Å². The molecule has 2 rings (SSSR count). The Hall–Kier alpha value is -1.79. The average molecular weight is 293 g/mol. The number of rotatable bonds is 6. The Labute approximate surface area is 125 Å². The normalized spacial score (nSPS) is 21.2. The minimum atomic E-state index is -0.301. The lowest BCUT2D eigenvalue weighted by molar-refractivity contribution is -0.00618. The smallest absolute Gasteiger partial charge is 0.251 e. The first-order valence-electron chi connectivity index (χ1n) is 7.15. The highest BCUT2D eigenvalue weighted by atomic mass is 16.5. The SMILES string of the molecule is CCNC(=O)c1ccc(NCC2(OC)CCOC2)c(N)c1. The van der Waals surface area contributed by atoms with Gasteiger partial charge in [0.2, 0.25) is 0 Å². The molecule has 1 amide bonds. The van der Waals surface area contributed by atoms with Gasteiger partial charge in [0.25, 0.3) is 5.91 Å². The molecule has 0 saturated carbocycles. The van der Waals surface area contributed by atoms with Crippen LogP contribution in [-0.2, 0) is 9.47 Å². The second kappa shape index (κ2) is 6.78. The van der Waals surface area contributed by atoms with E-state index < -0.39 is 0 Å². The first-order chi connectivity index (χ1) is 10.1. The summed E-state index contributed by atoms with van der Waals surface area (Å²) in [6.45, 7) is 4.38. The van der Waals surface area contributed by atoms with Crippen LogP contribution < -0.4 is 16.4 Å². The van der Waals surface area contributed by atoms with E-state index in [1.165, 1.54) is 0 Å². The molecule has 0 radical (unpaired) electrons. The zero-order chi connectivity index (χ0) is 15.3. The van der Waals surface area contributed by atoms with Crippen LogP contribution in [0.3, 0.4) is 0 Å². The minimum absolute atomic E-state index is 0.117. The van der Waals surface area contributed by atoms with Gasteiger partial charge >= 0.3 is 0 Å². The molecule has 1 aliphatic heterocycles. The zero-order valence-electron chi connectivity index (χ0n) is 12.6. The summed E-state index contributed by atoms with van der Waals surface area (Å²) < 4.78 is 11.0. The Morgan fingerprint density at radius 3 is 2.90 bits per heavy atom. The molecule has 0 spiro atoms. The van der Waals surface area contributed by atoms with Gasteiger partial charge in [-0.3, -0.25) is 4.79 Å². The Bertz CT molecular complexity index is 499. The van der Waals surface area contributed by atoms with Crippen molar-refractivity contribution >= 4 is 17.3 Å². The largest absolute Gasteiger partial charge is 0.397 e.